The number of hydrogen-bond acceptors (Lipinski definition) is 3. The van der Waals surface area contributed by atoms with Gasteiger partial charge in [0.05, 0.1) is 5.75 Å². The van der Waals surface area contributed by atoms with E-state index in [1.807, 2.05) is 24.3 Å². The summed E-state index contributed by atoms with van der Waals surface area (Å²) in [5.41, 5.74) is 1.10. The molecule has 0 heterocycles. The summed E-state index contributed by atoms with van der Waals surface area (Å²) in [4.78, 5) is 0. The molecule has 1 rings (SSSR count). The fraction of sp³-hybridized carbons (Fsp3) is 0.600. The lowest BCUT2D eigenvalue weighted by Crippen LogP contribution is -2.24. The third-order valence-electron chi connectivity index (χ3n) is 3.35. The topological polar surface area (TPSA) is 46.2 Å². The molecule has 1 aromatic carbocycles. The van der Waals surface area contributed by atoms with Gasteiger partial charge in [-0.15, -0.1) is 0 Å². The minimum atomic E-state index is -2.92. The first kappa shape index (κ1) is 17.5. The molecule has 114 valence electrons. The summed E-state index contributed by atoms with van der Waals surface area (Å²) in [5, 5.41) is 4.07. The lowest BCUT2D eigenvalue weighted by Gasteiger charge is -2.18. The molecule has 1 aromatic rings. The van der Waals surface area contributed by atoms with Crippen molar-refractivity contribution in [3.8, 4) is 0 Å². The van der Waals surface area contributed by atoms with Gasteiger partial charge in [-0.3, -0.25) is 0 Å². The lowest BCUT2D eigenvalue weighted by atomic mass is 9.96. The van der Waals surface area contributed by atoms with E-state index in [1.165, 1.54) is 0 Å². The van der Waals surface area contributed by atoms with Crippen LogP contribution in [0.15, 0.2) is 24.3 Å². The van der Waals surface area contributed by atoms with Gasteiger partial charge in [0.1, 0.15) is 9.84 Å². The Morgan fingerprint density at radius 1 is 1.30 bits per heavy atom. The first-order valence-corrected chi connectivity index (χ1v) is 9.35. The first-order valence-electron chi connectivity index (χ1n) is 7.15. The highest BCUT2D eigenvalue weighted by atomic mass is 35.5. The van der Waals surface area contributed by atoms with Crippen molar-refractivity contribution in [2.45, 2.75) is 32.6 Å². The summed E-state index contributed by atoms with van der Waals surface area (Å²) in [5.74, 6) is 0.619. The van der Waals surface area contributed by atoms with Crippen LogP contribution >= 0.6 is 11.6 Å². The van der Waals surface area contributed by atoms with E-state index >= 15 is 0 Å². The summed E-state index contributed by atoms with van der Waals surface area (Å²) in [6.07, 6.45) is 1.70. The summed E-state index contributed by atoms with van der Waals surface area (Å²) >= 11 is 6.03. The monoisotopic (exact) mass is 317 g/mol. The van der Waals surface area contributed by atoms with Gasteiger partial charge < -0.3 is 5.32 Å². The Labute approximate surface area is 127 Å². The van der Waals surface area contributed by atoms with Crippen LogP contribution in [0.4, 0.5) is 0 Å². The van der Waals surface area contributed by atoms with Crippen molar-refractivity contribution < 1.29 is 8.42 Å². The van der Waals surface area contributed by atoms with Gasteiger partial charge in [0.15, 0.2) is 0 Å². The molecule has 3 nitrogen and oxygen atoms in total. The highest BCUT2D eigenvalue weighted by Gasteiger charge is 2.16. The van der Waals surface area contributed by atoms with E-state index in [0.717, 1.165) is 25.1 Å². The summed E-state index contributed by atoms with van der Waals surface area (Å²) < 4.78 is 23.4. The molecular weight excluding hydrogens is 294 g/mol. The van der Waals surface area contributed by atoms with Gasteiger partial charge in [-0.25, -0.2) is 8.42 Å². The average molecular weight is 318 g/mol. The van der Waals surface area contributed by atoms with Crippen molar-refractivity contribution in [2.75, 3.05) is 24.6 Å². The van der Waals surface area contributed by atoms with Crippen LogP contribution in [0.5, 0.6) is 0 Å². The average Bonchev–Trinajstić information content (AvgIpc) is 2.42. The zero-order valence-corrected chi connectivity index (χ0v) is 13.8. The SMILES string of the molecule is CCCNCC(CCS(=O)(=O)CC)c1cccc(Cl)c1. The molecule has 1 unspecified atom stereocenters. The van der Waals surface area contributed by atoms with Gasteiger partial charge in [0.2, 0.25) is 0 Å². The molecule has 0 aromatic heterocycles. The van der Waals surface area contributed by atoms with Crippen LogP contribution in [-0.2, 0) is 9.84 Å². The molecule has 0 fully saturated rings. The van der Waals surface area contributed by atoms with Crippen LogP contribution in [0.3, 0.4) is 0 Å². The summed E-state index contributed by atoms with van der Waals surface area (Å²) in [6, 6.07) is 7.70. The molecule has 0 spiro atoms. The van der Waals surface area contributed by atoms with Crippen LogP contribution in [0.25, 0.3) is 0 Å². The van der Waals surface area contributed by atoms with Crippen molar-refractivity contribution in [2.24, 2.45) is 0 Å². The van der Waals surface area contributed by atoms with Crippen molar-refractivity contribution in [3.05, 3.63) is 34.9 Å². The molecule has 1 atom stereocenters. The molecule has 5 heteroatoms. The van der Waals surface area contributed by atoms with Crippen molar-refractivity contribution in [3.63, 3.8) is 0 Å². The minimum Gasteiger partial charge on any atom is -0.316 e. The number of sulfone groups is 1. The van der Waals surface area contributed by atoms with Crippen LogP contribution in [-0.4, -0.2) is 33.0 Å². The van der Waals surface area contributed by atoms with Crippen LogP contribution in [0, 0.1) is 0 Å². The van der Waals surface area contributed by atoms with Gasteiger partial charge in [-0.2, -0.15) is 0 Å². The second-order valence-corrected chi connectivity index (χ2v) is 7.89. The fourth-order valence-corrected chi connectivity index (χ4v) is 3.20. The van der Waals surface area contributed by atoms with Gasteiger partial charge in [0.25, 0.3) is 0 Å². The Morgan fingerprint density at radius 2 is 2.05 bits per heavy atom. The predicted molar refractivity (Wildman–Crippen MR) is 86.3 cm³/mol. The molecule has 0 saturated heterocycles. The number of nitrogens with one attached hydrogen (secondary N) is 1. The first-order chi connectivity index (χ1) is 9.48. The third kappa shape index (κ3) is 6.25. The zero-order valence-electron chi connectivity index (χ0n) is 12.2. The second kappa shape index (κ2) is 8.65. The summed E-state index contributed by atoms with van der Waals surface area (Å²) in [6.45, 7) is 5.53. The largest absolute Gasteiger partial charge is 0.316 e. The number of benzene rings is 1. The normalized spacial score (nSPS) is 13.3. The Bertz CT molecular complexity index is 502. The molecule has 0 radical (unpaired) electrons. The maximum atomic E-state index is 11.7. The number of rotatable bonds is 9. The maximum Gasteiger partial charge on any atom is 0.150 e. The minimum absolute atomic E-state index is 0.182. The van der Waals surface area contributed by atoms with Gasteiger partial charge >= 0.3 is 0 Å². The van der Waals surface area contributed by atoms with Gasteiger partial charge in [-0.05, 0) is 43.0 Å². The molecule has 0 bridgehead atoms. The van der Waals surface area contributed by atoms with E-state index in [9.17, 15) is 8.42 Å². The smallest absolute Gasteiger partial charge is 0.150 e. The van der Waals surface area contributed by atoms with E-state index in [1.54, 1.807) is 6.92 Å². The van der Waals surface area contributed by atoms with E-state index in [2.05, 4.69) is 12.2 Å². The fourth-order valence-electron chi connectivity index (χ4n) is 2.07. The maximum absolute atomic E-state index is 11.7. The highest BCUT2D eigenvalue weighted by Crippen LogP contribution is 2.23. The van der Waals surface area contributed by atoms with E-state index in [-0.39, 0.29) is 17.4 Å². The molecule has 0 aliphatic carbocycles. The molecular formula is C15H24ClNO2S. The standard InChI is InChI=1S/C15H24ClNO2S/c1-3-9-17-12-14(8-10-20(18,19)4-2)13-6-5-7-15(16)11-13/h5-7,11,14,17H,3-4,8-10,12H2,1-2H3. The third-order valence-corrected chi connectivity index (χ3v) is 5.33. The summed E-state index contributed by atoms with van der Waals surface area (Å²) in [7, 11) is -2.92. The lowest BCUT2D eigenvalue weighted by molar-refractivity contribution is 0.554. The second-order valence-electron chi connectivity index (χ2n) is 4.98. The Morgan fingerprint density at radius 3 is 2.65 bits per heavy atom. The Balaban J connectivity index is 2.74. The zero-order chi connectivity index (χ0) is 15.0. The number of halogens is 1. The quantitative estimate of drug-likeness (QED) is 0.711. The molecule has 0 saturated carbocycles. The van der Waals surface area contributed by atoms with Crippen LogP contribution in [0.2, 0.25) is 5.02 Å². The molecule has 20 heavy (non-hydrogen) atoms. The number of hydrogen-bond donors (Lipinski definition) is 1. The highest BCUT2D eigenvalue weighted by molar-refractivity contribution is 7.91. The Kier molecular flexibility index (Phi) is 7.56. The van der Waals surface area contributed by atoms with E-state index < -0.39 is 9.84 Å². The van der Waals surface area contributed by atoms with Gasteiger partial charge in [0, 0.05) is 17.3 Å². The Hall–Kier alpha value is -0.580. The molecule has 0 amide bonds. The van der Waals surface area contributed by atoms with E-state index in [0.29, 0.717) is 11.4 Å². The molecule has 0 aliphatic rings. The predicted octanol–water partition coefficient (Wildman–Crippen LogP) is 3.25. The van der Waals surface area contributed by atoms with Crippen molar-refractivity contribution in [1.82, 2.24) is 5.32 Å². The molecule has 0 aliphatic heterocycles. The molecule has 1 N–H and O–H groups in total. The van der Waals surface area contributed by atoms with Crippen molar-refractivity contribution >= 4 is 21.4 Å². The van der Waals surface area contributed by atoms with Crippen molar-refractivity contribution in [1.29, 1.82) is 0 Å². The van der Waals surface area contributed by atoms with Crippen LogP contribution in [0.1, 0.15) is 38.2 Å². The van der Waals surface area contributed by atoms with Crippen LogP contribution < -0.4 is 5.32 Å². The van der Waals surface area contributed by atoms with Gasteiger partial charge in [-0.1, -0.05) is 37.6 Å². The van der Waals surface area contributed by atoms with E-state index in [4.69, 9.17) is 11.6 Å².